The van der Waals surface area contributed by atoms with Gasteiger partial charge in [0.05, 0.1) is 6.26 Å². The van der Waals surface area contributed by atoms with Gasteiger partial charge in [-0.3, -0.25) is 4.79 Å². The van der Waals surface area contributed by atoms with Crippen LogP contribution in [-0.2, 0) is 4.79 Å². The second kappa shape index (κ2) is 10.4. The smallest absolute Gasteiger partial charge is 0.223 e. The van der Waals surface area contributed by atoms with E-state index in [-0.39, 0.29) is 0 Å². The molecule has 1 saturated heterocycles. The Balaban J connectivity index is 0.828. The number of amides is 1. The lowest BCUT2D eigenvalue weighted by Gasteiger charge is -2.35. The van der Waals surface area contributed by atoms with E-state index in [2.05, 4.69) is 34.5 Å². The van der Waals surface area contributed by atoms with Gasteiger partial charge in [-0.25, -0.2) is 0 Å². The maximum atomic E-state index is 13.2. The van der Waals surface area contributed by atoms with Crippen LogP contribution in [0, 0.1) is 35.5 Å². The zero-order valence-electron chi connectivity index (χ0n) is 22.6. The van der Waals surface area contributed by atoms with Crippen molar-refractivity contribution in [1.29, 1.82) is 0 Å². The lowest BCUT2D eigenvalue weighted by Crippen LogP contribution is -2.42. The Bertz CT molecular complexity index is 1070. The van der Waals surface area contributed by atoms with Gasteiger partial charge in [0, 0.05) is 22.9 Å². The highest BCUT2D eigenvalue weighted by Gasteiger charge is 2.46. The SMILES string of the molecule is O=C(N[C@H]1CC[C@H](CCN2CCC(c3coc4ccccc34)CC2)CC1)C1CC2CC3CC(C2)C(C3)C1. The average Bonchev–Trinajstić information content (AvgIpc) is 3.44. The van der Waals surface area contributed by atoms with Gasteiger partial charge in [-0.2, -0.15) is 0 Å². The summed E-state index contributed by atoms with van der Waals surface area (Å²) in [6.45, 7) is 3.66. The highest BCUT2D eigenvalue weighted by atomic mass is 16.3. The lowest BCUT2D eigenvalue weighted by atomic mass is 9.78. The maximum absolute atomic E-state index is 13.2. The number of nitrogens with zero attached hydrogens (tertiary/aromatic N) is 1. The van der Waals surface area contributed by atoms with Crippen LogP contribution in [0.15, 0.2) is 34.9 Å². The third kappa shape index (κ3) is 5.12. The van der Waals surface area contributed by atoms with E-state index in [0.717, 1.165) is 35.2 Å². The molecule has 2 heterocycles. The van der Waals surface area contributed by atoms with Crippen LogP contribution >= 0.6 is 0 Å². The number of carbonyl (C=O) groups excluding carboxylic acids is 1. The minimum Gasteiger partial charge on any atom is -0.464 e. The van der Waals surface area contributed by atoms with Crippen LogP contribution in [0.1, 0.15) is 95.0 Å². The van der Waals surface area contributed by atoms with Crippen molar-refractivity contribution in [3.05, 3.63) is 36.1 Å². The van der Waals surface area contributed by atoms with Crippen molar-refractivity contribution in [2.45, 2.75) is 95.4 Å². The summed E-state index contributed by atoms with van der Waals surface area (Å²) in [5, 5.41) is 4.84. The standard InChI is InChI=1S/C33H46N2O2/c36-33(28-19-24-15-23-16-26(17-24)27(18-23)20-28)34-29-7-5-22(6-8-29)9-12-35-13-10-25(11-14-35)31-21-37-32-4-2-1-3-30(31)32/h1-4,21-29H,5-20H2,(H,34,36)/t22-,23?,24?,26?,27?,28?,29-. The van der Waals surface area contributed by atoms with E-state index in [0.29, 0.717) is 23.8 Å². The number of hydrogen-bond acceptors (Lipinski definition) is 3. The van der Waals surface area contributed by atoms with E-state index in [4.69, 9.17) is 4.42 Å². The number of para-hydroxylation sites is 1. The molecule has 4 aliphatic carbocycles. The second-order valence-corrected chi connectivity index (χ2v) is 13.7. The molecule has 1 amide bonds. The van der Waals surface area contributed by atoms with E-state index < -0.39 is 0 Å². The predicted octanol–water partition coefficient (Wildman–Crippen LogP) is 7.14. The molecule has 5 aliphatic rings. The van der Waals surface area contributed by atoms with Crippen molar-refractivity contribution in [2.24, 2.45) is 35.5 Å². The summed E-state index contributed by atoms with van der Waals surface area (Å²) in [6, 6.07) is 8.91. The van der Waals surface area contributed by atoms with E-state index in [1.165, 1.54) is 114 Å². The van der Waals surface area contributed by atoms with Crippen LogP contribution in [0.5, 0.6) is 0 Å². The highest BCUT2D eigenvalue weighted by molar-refractivity contribution is 5.81. The van der Waals surface area contributed by atoms with Gasteiger partial charge < -0.3 is 14.6 Å². The fraction of sp³-hybridized carbons (Fsp3) is 0.727. The Kier molecular flexibility index (Phi) is 6.81. The molecule has 5 atom stereocenters. The molecule has 37 heavy (non-hydrogen) atoms. The van der Waals surface area contributed by atoms with Crippen LogP contribution in [-0.4, -0.2) is 36.5 Å². The molecule has 4 saturated carbocycles. The first-order chi connectivity index (χ1) is 18.2. The first kappa shape index (κ1) is 24.2. The molecule has 1 aromatic heterocycles. The van der Waals surface area contributed by atoms with Gasteiger partial charge in [0.25, 0.3) is 0 Å². The first-order valence-corrected chi connectivity index (χ1v) is 15.7. The molecular formula is C33H46N2O2. The summed E-state index contributed by atoms with van der Waals surface area (Å²) in [4.78, 5) is 15.9. The Morgan fingerprint density at radius 3 is 2.41 bits per heavy atom. The zero-order valence-corrected chi connectivity index (χ0v) is 22.6. The minimum absolute atomic E-state index is 0.305. The number of benzene rings is 1. The minimum atomic E-state index is 0.305. The molecule has 0 spiro atoms. The number of rotatable bonds is 6. The van der Waals surface area contributed by atoms with Crippen LogP contribution < -0.4 is 5.32 Å². The summed E-state index contributed by atoms with van der Waals surface area (Å²) >= 11 is 0. The third-order valence-corrected chi connectivity index (χ3v) is 11.4. The van der Waals surface area contributed by atoms with Crippen molar-refractivity contribution in [1.82, 2.24) is 10.2 Å². The number of likely N-dealkylation sites (tertiary alicyclic amines) is 1. The molecule has 5 fully saturated rings. The number of fused-ring (bicyclic) bond motifs is 3. The first-order valence-electron chi connectivity index (χ1n) is 15.7. The maximum Gasteiger partial charge on any atom is 0.223 e. The number of nitrogens with one attached hydrogen (secondary N) is 1. The summed E-state index contributed by atoms with van der Waals surface area (Å²) in [7, 11) is 0. The van der Waals surface area contributed by atoms with Crippen LogP contribution in [0.3, 0.4) is 0 Å². The van der Waals surface area contributed by atoms with Crippen LogP contribution in [0.4, 0.5) is 0 Å². The number of piperidine rings is 1. The molecule has 1 aromatic carbocycles. The van der Waals surface area contributed by atoms with E-state index in [1.807, 2.05) is 6.26 Å². The molecule has 200 valence electrons. The van der Waals surface area contributed by atoms with Gasteiger partial charge in [0.2, 0.25) is 5.91 Å². The van der Waals surface area contributed by atoms with E-state index >= 15 is 0 Å². The van der Waals surface area contributed by atoms with Crippen molar-refractivity contribution in [2.75, 3.05) is 19.6 Å². The third-order valence-electron chi connectivity index (χ3n) is 11.4. The summed E-state index contributed by atoms with van der Waals surface area (Å²) in [5.41, 5.74) is 2.44. The van der Waals surface area contributed by atoms with Gasteiger partial charge >= 0.3 is 0 Å². The van der Waals surface area contributed by atoms with E-state index in [9.17, 15) is 4.79 Å². The van der Waals surface area contributed by atoms with Crippen LogP contribution in [0.25, 0.3) is 11.0 Å². The zero-order chi connectivity index (χ0) is 24.8. The fourth-order valence-corrected chi connectivity index (χ4v) is 9.44. The number of carbonyl (C=O) groups is 1. The molecule has 0 radical (unpaired) electrons. The van der Waals surface area contributed by atoms with E-state index in [1.54, 1.807) is 0 Å². The Morgan fingerprint density at radius 1 is 0.865 bits per heavy atom. The van der Waals surface area contributed by atoms with Crippen molar-refractivity contribution >= 4 is 16.9 Å². The van der Waals surface area contributed by atoms with Crippen molar-refractivity contribution in [3.8, 4) is 0 Å². The molecular weight excluding hydrogens is 456 g/mol. The molecule has 4 heteroatoms. The summed E-state index contributed by atoms with van der Waals surface area (Å²) < 4.78 is 5.81. The molecule has 1 N–H and O–H groups in total. The predicted molar refractivity (Wildman–Crippen MR) is 148 cm³/mol. The molecule has 2 aromatic rings. The van der Waals surface area contributed by atoms with Gasteiger partial charge in [0.1, 0.15) is 5.58 Å². The summed E-state index contributed by atoms with van der Waals surface area (Å²) in [6.07, 6.45) is 18.9. The molecule has 1 aliphatic heterocycles. The molecule has 3 bridgehead atoms. The Hall–Kier alpha value is -1.81. The Morgan fingerprint density at radius 2 is 1.59 bits per heavy atom. The lowest BCUT2D eigenvalue weighted by molar-refractivity contribution is -0.127. The van der Waals surface area contributed by atoms with Gasteiger partial charge in [-0.15, -0.1) is 0 Å². The average molecular weight is 503 g/mol. The van der Waals surface area contributed by atoms with Crippen LogP contribution in [0.2, 0.25) is 0 Å². The van der Waals surface area contributed by atoms with Gasteiger partial charge in [0.15, 0.2) is 0 Å². The van der Waals surface area contributed by atoms with Gasteiger partial charge in [-0.1, -0.05) is 18.2 Å². The molecule has 7 rings (SSSR count). The largest absolute Gasteiger partial charge is 0.464 e. The second-order valence-electron chi connectivity index (χ2n) is 13.7. The topological polar surface area (TPSA) is 45.5 Å². The molecule has 4 nitrogen and oxygen atoms in total. The normalized spacial score (nSPS) is 36.6. The molecule has 5 unspecified atom stereocenters. The fourth-order valence-electron chi connectivity index (χ4n) is 9.44. The number of furan rings is 1. The summed E-state index contributed by atoms with van der Waals surface area (Å²) in [5.74, 6) is 5.84. The van der Waals surface area contributed by atoms with Gasteiger partial charge in [-0.05, 0) is 145 Å². The van der Waals surface area contributed by atoms with Crippen molar-refractivity contribution < 1.29 is 9.21 Å². The monoisotopic (exact) mass is 502 g/mol. The number of hydrogen-bond donors (Lipinski definition) is 1. The highest BCUT2D eigenvalue weighted by Crippen LogP contribution is 2.54. The van der Waals surface area contributed by atoms with Crippen molar-refractivity contribution in [3.63, 3.8) is 0 Å². The quantitative estimate of drug-likeness (QED) is 0.457. The Labute approximate surface area is 222 Å².